The molecule has 1 aliphatic heterocycles. The Morgan fingerprint density at radius 1 is 1.09 bits per heavy atom. The fraction of sp³-hybridized carbons (Fsp3) is 0.250. The first-order valence-electron chi connectivity index (χ1n) is 7.80. The number of carbonyl (C=O) groups excluding carboxylic acids is 1. The van der Waals surface area contributed by atoms with Crippen molar-refractivity contribution in [1.29, 1.82) is 0 Å². The van der Waals surface area contributed by atoms with Crippen molar-refractivity contribution in [3.8, 4) is 0 Å². The van der Waals surface area contributed by atoms with Gasteiger partial charge < -0.3 is 4.90 Å². The summed E-state index contributed by atoms with van der Waals surface area (Å²) >= 11 is 0. The Morgan fingerprint density at radius 2 is 1.82 bits per heavy atom. The molecule has 0 aliphatic carbocycles. The van der Waals surface area contributed by atoms with Crippen LogP contribution >= 0.6 is 0 Å². The smallest absolute Gasteiger partial charge is 0.230 e. The van der Waals surface area contributed by atoms with Crippen molar-refractivity contribution in [2.24, 2.45) is 0 Å². The molecule has 112 valence electrons. The highest BCUT2D eigenvalue weighted by molar-refractivity contribution is 5.85. The van der Waals surface area contributed by atoms with E-state index in [1.165, 1.54) is 16.7 Å². The minimum Gasteiger partial charge on any atom is -0.345 e. The number of benzene rings is 2. The normalized spacial score (nSPS) is 18.3. The van der Waals surface area contributed by atoms with Crippen molar-refractivity contribution >= 4 is 12.0 Å². The van der Waals surface area contributed by atoms with Gasteiger partial charge in [-0.15, -0.1) is 0 Å². The number of likely N-dealkylation sites (N-methyl/N-ethyl adjacent to an activating group) is 1. The number of fused-ring (bicyclic) bond motifs is 1. The lowest BCUT2D eigenvalue weighted by atomic mass is 9.90. The lowest BCUT2D eigenvalue weighted by Gasteiger charge is -2.19. The van der Waals surface area contributed by atoms with Crippen LogP contribution < -0.4 is 0 Å². The highest BCUT2D eigenvalue weighted by Crippen LogP contribution is 2.29. The summed E-state index contributed by atoms with van der Waals surface area (Å²) in [6, 6.07) is 18.6. The van der Waals surface area contributed by atoms with Gasteiger partial charge in [0.2, 0.25) is 5.91 Å². The van der Waals surface area contributed by atoms with Crippen molar-refractivity contribution in [2.45, 2.75) is 18.8 Å². The van der Waals surface area contributed by atoms with Gasteiger partial charge in [-0.2, -0.15) is 0 Å². The predicted octanol–water partition coefficient (Wildman–Crippen LogP) is 3.89. The first-order valence-corrected chi connectivity index (χ1v) is 7.80. The number of allylic oxidation sites excluding steroid dienone is 1. The number of rotatable bonds is 3. The number of carbonyl (C=O) groups is 1. The Morgan fingerprint density at radius 3 is 2.64 bits per heavy atom. The topological polar surface area (TPSA) is 20.3 Å². The van der Waals surface area contributed by atoms with E-state index >= 15 is 0 Å². The Labute approximate surface area is 132 Å². The van der Waals surface area contributed by atoms with Gasteiger partial charge in [-0.05, 0) is 29.5 Å². The molecular formula is C20H21NO. The van der Waals surface area contributed by atoms with E-state index in [4.69, 9.17) is 0 Å². The van der Waals surface area contributed by atoms with E-state index < -0.39 is 0 Å². The van der Waals surface area contributed by atoms with Gasteiger partial charge >= 0.3 is 0 Å². The number of amides is 1. The lowest BCUT2D eigenvalue weighted by molar-refractivity contribution is -0.131. The predicted molar refractivity (Wildman–Crippen MR) is 90.6 cm³/mol. The molecule has 0 aromatic heterocycles. The first-order chi connectivity index (χ1) is 10.8. The molecule has 2 nitrogen and oxygen atoms in total. The molecule has 0 fully saturated rings. The quantitative estimate of drug-likeness (QED) is 0.840. The van der Waals surface area contributed by atoms with Crippen molar-refractivity contribution < 1.29 is 4.79 Å². The van der Waals surface area contributed by atoms with Crippen molar-refractivity contribution in [1.82, 2.24) is 4.90 Å². The standard InChI is InChI=1S/C20H21NO/c1-21-15-14-17-11-5-6-12-18(17)19(20(21)22)13-7-10-16-8-3-2-4-9-16/h2-12,19H,13-15H2,1H3/b10-7+/t19-/m0/s1. The van der Waals surface area contributed by atoms with E-state index in [1.54, 1.807) is 0 Å². The van der Waals surface area contributed by atoms with Crippen LogP contribution in [0.1, 0.15) is 29.0 Å². The second kappa shape index (κ2) is 6.61. The third-order valence-corrected chi connectivity index (χ3v) is 4.30. The van der Waals surface area contributed by atoms with Crippen LogP contribution in [0.2, 0.25) is 0 Å². The van der Waals surface area contributed by atoms with Crippen LogP contribution in [-0.2, 0) is 11.2 Å². The second-order valence-electron chi connectivity index (χ2n) is 5.81. The minimum atomic E-state index is -0.0661. The third kappa shape index (κ3) is 3.11. The van der Waals surface area contributed by atoms with Gasteiger partial charge in [0.25, 0.3) is 0 Å². The van der Waals surface area contributed by atoms with E-state index in [9.17, 15) is 4.79 Å². The molecule has 2 aromatic rings. The molecule has 0 unspecified atom stereocenters. The van der Waals surface area contributed by atoms with Gasteiger partial charge in [-0.25, -0.2) is 0 Å². The maximum Gasteiger partial charge on any atom is 0.230 e. The number of nitrogens with zero attached hydrogens (tertiary/aromatic N) is 1. The summed E-state index contributed by atoms with van der Waals surface area (Å²) in [6.45, 7) is 0.800. The second-order valence-corrected chi connectivity index (χ2v) is 5.81. The van der Waals surface area contributed by atoms with Gasteiger partial charge in [0.1, 0.15) is 0 Å². The fourth-order valence-corrected chi connectivity index (χ4v) is 3.03. The highest BCUT2D eigenvalue weighted by atomic mass is 16.2. The molecule has 3 rings (SSSR count). The van der Waals surface area contributed by atoms with Crippen LogP contribution in [0.4, 0.5) is 0 Å². The van der Waals surface area contributed by atoms with E-state index in [1.807, 2.05) is 36.2 Å². The minimum absolute atomic E-state index is 0.0661. The highest BCUT2D eigenvalue weighted by Gasteiger charge is 2.27. The zero-order chi connectivity index (χ0) is 15.4. The Hall–Kier alpha value is -2.35. The van der Waals surface area contributed by atoms with Gasteiger partial charge in [-0.1, -0.05) is 66.7 Å². The van der Waals surface area contributed by atoms with E-state index in [2.05, 4.69) is 42.5 Å². The van der Waals surface area contributed by atoms with E-state index in [-0.39, 0.29) is 11.8 Å². The summed E-state index contributed by atoms with van der Waals surface area (Å²) in [5.41, 5.74) is 3.66. The molecule has 1 atom stereocenters. The molecule has 1 amide bonds. The Bertz CT molecular complexity index is 675. The zero-order valence-electron chi connectivity index (χ0n) is 12.9. The summed E-state index contributed by atoms with van der Waals surface area (Å²) < 4.78 is 0. The molecule has 22 heavy (non-hydrogen) atoms. The molecule has 0 saturated carbocycles. The van der Waals surface area contributed by atoms with Gasteiger partial charge in [0.05, 0.1) is 5.92 Å². The van der Waals surface area contributed by atoms with Crippen molar-refractivity contribution in [3.05, 3.63) is 77.4 Å². The van der Waals surface area contributed by atoms with Crippen LogP contribution in [0.3, 0.4) is 0 Å². The average Bonchev–Trinajstić information content (AvgIpc) is 2.68. The van der Waals surface area contributed by atoms with Gasteiger partial charge in [0.15, 0.2) is 0 Å². The third-order valence-electron chi connectivity index (χ3n) is 4.30. The summed E-state index contributed by atoms with van der Waals surface area (Å²) in [5.74, 6) is 0.159. The van der Waals surface area contributed by atoms with Crippen LogP contribution in [0.15, 0.2) is 60.7 Å². The molecule has 0 bridgehead atoms. The summed E-state index contributed by atoms with van der Waals surface area (Å²) in [6.07, 6.45) is 5.90. The molecule has 0 radical (unpaired) electrons. The van der Waals surface area contributed by atoms with Gasteiger partial charge in [0, 0.05) is 13.6 Å². The van der Waals surface area contributed by atoms with Crippen LogP contribution in [0, 0.1) is 0 Å². The fourth-order valence-electron chi connectivity index (χ4n) is 3.03. The van der Waals surface area contributed by atoms with Crippen LogP contribution in [-0.4, -0.2) is 24.4 Å². The van der Waals surface area contributed by atoms with Crippen molar-refractivity contribution in [2.75, 3.05) is 13.6 Å². The summed E-state index contributed by atoms with van der Waals surface area (Å²) in [7, 11) is 1.90. The lowest BCUT2D eigenvalue weighted by Crippen LogP contribution is -2.30. The number of hydrogen-bond donors (Lipinski definition) is 0. The Kier molecular flexibility index (Phi) is 4.38. The molecule has 0 saturated heterocycles. The van der Waals surface area contributed by atoms with Crippen LogP contribution in [0.25, 0.3) is 6.08 Å². The SMILES string of the molecule is CN1CCc2ccccc2[C@H](C/C=C/c2ccccc2)C1=O. The monoisotopic (exact) mass is 291 g/mol. The molecule has 0 spiro atoms. The maximum atomic E-state index is 12.6. The van der Waals surface area contributed by atoms with E-state index in [0.717, 1.165) is 19.4 Å². The van der Waals surface area contributed by atoms with Crippen LogP contribution in [0.5, 0.6) is 0 Å². The number of hydrogen-bond acceptors (Lipinski definition) is 1. The maximum absolute atomic E-state index is 12.6. The summed E-state index contributed by atoms with van der Waals surface area (Å²) in [5, 5.41) is 0. The largest absolute Gasteiger partial charge is 0.345 e. The average molecular weight is 291 g/mol. The molecule has 0 N–H and O–H groups in total. The van der Waals surface area contributed by atoms with Crippen molar-refractivity contribution in [3.63, 3.8) is 0 Å². The van der Waals surface area contributed by atoms with Gasteiger partial charge in [-0.3, -0.25) is 4.79 Å². The zero-order valence-corrected chi connectivity index (χ0v) is 12.9. The van der Waals surface area contributed by atoms with E-state index in [0.29, 0.717) is 0 Å². The molecule has 2 heteroatoms. The molecule has 1 aliphatic rings. The molecular weight excluding hydrogens is 270 g/mol. The first kappa shape index (κ1) is 14.6. The molecule has 2 aromatic carbocycles. The molecule has 1 heterocycles. The summed E-state index contributed by atoms with van der Waals surface area (Å²) in [4.78, 5) is 14.5. The Balaban J connectivity index is 1.84.